The van der Waals surface area contributed by atoms with E-state index in [1.807, 2.05) is 0 Å². The van der Waals surface area contributed by atoms with E-state index in [4.69, 9.17) is 0 Å². The van der Waals surface area contributed by atoms with E-state index in [-0.39, 0.29) is 25.0 Å². The van der Waals surface area contributed by atoms with Crippen molar-refractivity contribution >= 4 is 17.8 Å². The first-order valence-electron chi connectivity index (χ1n) is 5.79. The van der Waals surface area contributed by atoms with Crippen molar-refractivity contribution in [1.82, 2.24) is 14.9 Å². The van der Waals surface area contributed by atoms with Crippen LogP contribution in [0.25, 0.3) is 0 Å². The predicted octanol–water partition coefficient (Wildman–Crippen LogP) is -0.679. The van der Waals surface area contributed by atoms with Crippen LogP contribution in [-0.2, 0) is 26.3 Å². The zero-order valence-corrected chi connectivity index (χ0v) is 9.79. The number of amides is 1. The highest BCUT2D eigenvalue weighted by molar-refractivity contribution is 5.95. The lowest BCUT2D eigenvalue weighted by molar-refractivity contribution is -0.165. The molecule has 3 heterocycles. The zero-order valence-electron chi connectivity index (χ0n) is 9.79. The Labute approximate surface area is 107 Å². The molecule has 3 N–H and O–H groups in total. The van der Waals surface area contributed by atoms with Gasteiger partial charge >= 0.3 is 11.9 Å². The van der Waals surface area contributed by atoms with Crippen molar-refractivity contribution in [2.75, 3.05) is 0 Å². The first kappa shape index (κ1) is 11.7. The second-order valence-electron chi connectivity index (χ2n) is 4.72. The topological polar surface area (TPSA) is 124 Å². The number of carboxylic acids is 2. The van der Waals surface area contributed by atoms with Gasteiger partial charge in [0.1, 0.15) is 6.04 Å². The third-order valence-corrected chi connectivity index (χ3v) is 3.84. The Bertz CT molecular complexity index is 595. The van der Waals surface area contributed by atoms with Crippen molar-refractivity contribution < 1.29 is 24.6 Å². The van der Waals surface area contributed by atoms with E-state index in [9.17, 15) is 24.6 Å². The lowest BCUT2D eigenvalue weighted by atomic mass is 9.84. The molecule has 8 heteroatoms. The van der Waals surface area contributed by atoms with Crippen LogP contribution in [0.5, 0.6) is 0 Å². The fourth-order valence-corrected chi connectivity index (χ4v) is 3.04. The van der Waals surface area contributed by atoms with Crippen molar-refractivity contribution in [3.8, 4) is 0 Å². The number of hydrogen-bond acceptors (Lipinski definition) is 4. The zero-order chi connectivity index (χ0) is 13.8. The number of nitrogens with one attached hydrogen (secondary N) is 1. The van der Waals surface area contributed by atoms with Gasteiger partial charge in [0.05, 0.1) is 12.0 Å². The first-order chi connectivity index (χ1) is 8.98. The number of rotatable bonds is 2. The van der Waals surface area contributed by atoms with Gasteiger partial charge in [-0.25, -0.2) is 14.6 Å². The van der Waals surface area contributed by atoms with Crippen LogP contribution in [0.1, 0.15) is 24.2 Å². The Balaban J connectivity index is 2.25. The summed E-state index contributed by atoms with van der Waals surface area (Å²) in [7, 11) is 0. The normalized spacial score (nSPS) is 28.9. The predicted molar refractivity (Wildman–Crippen MR) is 59.1 cm³/mol. The standard InChI is InChI=1S/C11H11N3O5/c15-7-1-2-11(10(18)19)8-5(12-4-13-8)3-6(9(16)17)14(7)11/h4,6H,1-3H2,(H,12,13)(H,16,17)(H,18,19)/t6-,11-/m0/s1. The maximum absolute atomic E-state index is 11.9. The molecule has 3 rings (SSSR count). The van der Waals surface area contributed by atoms with Gasteiger partial charge in [-0.1, -0.05) is 0 Å². The molecule has 1 amide bonds. The SMILES string of the molecule is O=C(O)[C@@H]1Cc2[nH]cnc2[C@]2(C(=O)O)CCC(=O)N12. The van der Waals surface area contributed by atoms with Crippen molar-refractivity contribution in [3.05, 3.63) is 17.7 Å². The Kier molecular flexibility index (Phi) is 2.19. The van der Waals surface area contributed by atoms with Crippen LogP contribution >= 0.6 is 0 Å². The number of imidazole rings is 1. The summed E-state index contributed by atoms with van der Waals surface area (Å²) in [5.41, 5.74) is -0.919. The van der Waals surface area contributed by atoms with Crippen LogP contribution in [0.4, 0.5) is 0 Å². The van der Waals surface area contributed by atoms with E-state index in [0.717, 1.165) is 4.90 Å². The number of hydrogen-bond donors (Lipinski definition) is 3. The molecular formula is C11H11N3O5. The van der Waals surface area contributed by atoms with Crippen molar-refractivity contribution in [2.24, 2.45) is 0 Å². The molecule has 0 radical (unpaired) electrons. The van der Waals surface area contributed by atoms with Crippen LogP contribution in [0, 0.1) is 0 Å². The Morgan fingerprint density at radius 3 is 2.84 bits per heavy atom. The molecule has 0 bridgehead atoms. The molecule has 8 nitrogen and oxygen atoms in total. The van der Waals surface area contributed by atoms with E-state index in [2.05, 4.69) is 9.97 Å². The van der Waals surface area contributed by atoms with Gasteiger partial charge in [0.2, 0.25) is 5.91 Å². The van der Waals surface area contributed by atoms with E-state index in [1.165, 1.54) is 6.33 Å². The highest BCUT2D eigenvalue weighted by Gasteiger charge is 2.61. The van der Waals surface area contributed by atoms with Crippen molar-refractivity contribution in [1.29, 1.82) is 0 Å². The van der Waals surface area contributed by atoms with Gasteiger partial charge in [-0.05, 0) is 6.42 Å². The molecule has 19 heavy (non-hydrogen) atoms. The van der Waals surface area contributed by atoms with E-state index < -0.39 is 29.4 Å². The number of aromatic amines is 1. The summed E-state index contributed by atoms with van der Waals surface area (Å²) in [5.74, 6) is -2.90. The van der Waals surface area contributed by atoms with Gasteiger partial charge < -0.3 is 20.1 Å². The van der Waals surface area contributed by atoms with Crippen LogP contribution in [-0.4, -0.2) is 49.0 Å². The van der Waals surface area contributed by atoms with Crippen LogP contribution in [0.15, 0.2) is 6.33 Å². The number of fused-ring (bicyclic) bond motifs is 3. The van der Waals surface area contributed by atoms with Gasteiger partial charge in [-0.2, -0.15) is 0 Å². The lowest BCUT2D eigenvalue weighted by Crippen LogP contribution is -2.60. The maximum atomic E-state index is 11.9. The van der Waals surface area contributed by atoms with Crippen LogP contribution in [0.3, 0.4) is 0 Å². The highest BCUT2D eigenvalue weighted by Crippen LogP contribution is 2.45. The molecule has 2 atom stereocenters. The summed E-state index contributed by atoms with van der Waals surface area (Å²) in [6, 6.07) is -1.17. The van der Waals surface area contributed by atoms with E-state index in [1.54, 1.807) is 0 Å². The molecule has 0 unspecified atom stereocenters. The smallest absolute Gasteiger partial charge is 0.336 e. The van der Waals surface area contributed by atoms with Crippen molar-refractivity contribution in [3.63, 3.8) is 0 Å². The number of H-pyrrole nitrogens is 1. The summed E-state index contributed by atoms with van der Waals surface area (Å²) in [4.78, 5) is 42.7. The monoisotopic (exact) mass is 265 g/mol. The largest absolute Gasteiger partial charge is 0.480 e. The van der Waals surface area contributed by atoms with Crippen LogP contribution < -0.4 is 0 Å². The number of carbonyl (C=O) groups is 3. The molecule has 0 saturated carbocycles. The summed E-state index contributed by atoms with van der Waals surface area (Å²) in [5, 5.41) is 18.8. The van der Waals surface area contributed by atoms with Gasteiger partial charge in [0.15, 0.2) is 5.54 Å². The molecule has 1 aromatic heterocycles. The third-order valence-electron chi connectivity index (χ3n) is 3.84. The average Bonchev–Trinajstić information content (AvgIpc) is 2.93. The van der Waals surface area contributed by atoms with Gasteiger partial charge in [-0.3, -0.25) is 4.79 Å². The minimum Gasteiger partial charge on any atom is -0.480 e. The average molecular weight is 265 g/mol. The Morgan fingerprint density at radius 1 is 1.47 bits per heavy atom. The lowest BCUT2D eigenvalue weighted by Gasteiger charge is -2.41. The minimum absolute atomic E-state index is 0.0162. The molecule has 1 saturated heterocycles. The molecule has 1 fully saturated rings. The number of aromatic nitrogens is 2. The number of nitrogens with zero attached hydrogens (tertiary/aromatic N) is 2. The fraction of sp³-hybridized carbons (Fsp3) is 0.455. The number of carbonyl (C=O) groups excluding carboxylic acids is 1. The molecule has 2 aliphatic rings. The van der Waals surface area contributed by atoms with Gasteiger partial charge in [-0.15, -0.1) is 0 Å². The Hall–Kier alpha value is -2.38. The van der Waals surface area contributed by atoms with E-state index >= 15 is 0 Å². The second-order valence-corrected chi connectivity index (χ2v) is 4.72. The maximum Gasteiger partial charge on any atom is 0.336 e. The van der Waals surface area contributed by atoms with Crippen LogP contribution in [0.2, 0.25) is 0 Å². The van der Waals surface area contributed by atoms with Crippen molar-refractivity contribution in [2.45, 2.75) is 30.8 Å². The number of aliphatic carboxylic acids is 2. The third kappa shape index (κ3) is 1.28. The molecular weight excluding hydrogens is 254 g/mol. The summed E-state index contributed by atoms with van der Waals surface area (Å²) >= 11 is 0. The van der Waals surface area contributed by atoms with Gasteiger partial charge in [0, 0.05) is 18.5 Å². The Morgan fingerprint density at radius 2 is 2.21 bits per heavy atom. The molecule has 2 aliphatic heterocycles. The van der Waals surface area contributed by atoms with Gasteiger partial charge in [0.25, 0.3) is 0 Å². The quantitative estimate of drug-likeness (QED) is 0.651. The summed E-state index contributed by atoms with van der Waals surface area (Å²) in [6.07, 6.45) is 1.44. The highest BCUT2D eigenvalue weighted by atomic mass is 16.4. The summed E-state index contributed by atoms with van der Waals surface area (Å²) in [6.45, 7) is 0. The second kappa shape index (κ2) is 3.56. The minimum atomic E-state index is -1.65. The molecule has 0 aromatic carbocycles. The van der Waals surface area contributed by atoms with E-state index in [0.29, 0.717) is 5.69 Å². The molecule has 1 aromatic rings. The summed E-state index contributed by atoms with van der Waals surface area (Å²) < 4.78 is 0. The number of carboxylic acid groups (broad SMARTS) is 2. The fourth-order valence-electron chi connectivity index (χ4n) is 3.04. The first-order valence-corrected chi connectivity index (χ1v) is 5.79. The molecule has 0 spiro atoms. The molecule has 0 aliphatic carbocycles. The molecule has 100 valence electrons.